The third-order valence-corrected chi connectivity index (χ3v) is 4.38. The summed E-state index contributed by atoms with van der Waals surface area (Å²) < 4.78 is 1.96. The average molecular weight is 337 g/mol. The van der Waals surface area contributed by atoms with Gasteiger partial charge in [0.2, 0.25) is 0 Å². The van der Waals surface area contributed by atoms with E-state index in [1.165, 1.54) is 0 Å². The molecule has 3 rings (SSSR count). The zero-order valence-corrected chi connectivity index (χ0v) is 15.0. The van der Waals surface area contributed by atoms with E-state index in [4.69, 9.17) is 0 Å². The molecular weight excluding hydrogens is 314 g/mol. The number of carbonyl (C=O) groups excluding carboxylic acids is 1. The number of anilines is 1. The Morgan fingerprint density at radius 3 is 2.80 bits per heavy atom. The van der Waals surface area contributed by atoms with E-state index in [1.807, 2.05) is 55.8 Å². The van der Waals surface area contributed by atoms with Gasteiger partial charge in [0.1, 0.15) is 0 Å². The molecule has 6 nitrogen and oxygen atoms in total. The van der Waals surface area contributed by atoms with Crippen LogP contribution in [0.4, 0.5) is 10.5 Å². The molecule has 2 N–H and O–H groups in total. The van der Waals surface area contributed by atoms with Crippen LogP contribution >= 0.6 is 0 Å². The maximum atomic E-state index is 12.4. The van der Waals surface area contributed by atoms with E-state index in [0.29, 0.717) is 0 Å². The number of hydrogen-bond acceptors (Lipinski definition) is 3. The molecule has 0 saturated carbocycles. The summed E-state index contributed by atoms with van der Waals surface area (Å²) in [7, 11) is 0. The normalized spacial score (nSPS) is 12.2. The number of benzene rings is 1. The van der Waals surface area contributed by atoms with Crippen LogP contribution in [0.5, 0.6) is 0 Å². The van der Waals surface area contributed by atoms with Crippen molar-refractivity contribution < 1.29 is 4.79 Å². The van der Waals surface area contributed by atoms with Crippen molar-refractivity contribution in [2.75, 3.05) is 5.32 Å². The summed E-state index contributed by atoms with van der Waals surface area (Å²) in [6, 6.07) is 9.16. The van der Waals surface area contributed by atoms with Gasteiger partial charge in [0, 0.05) is 35.1 Å². The second kappa shape index (κ2) is 6.93. The van der Waals surface area contributed by atoms with Gasteiger partial charge in [0.05, 0.1) is 17.3 Å². The van der Waals surface area contributed by atoms with Gasteiger partial charge in [0.15, 0.2) is 0 Å². The Labute approximate surface area is 147 Å². The van der Waals surface area contributed by atoms with Crippen LogP contribution in [-0.2, 0) is 6.54 Å². The Hall–Kier alpha value is -2.89. The molecule has 25 heavy (non-hydrogen) atoms. The molecule has 0 spiro atoms. The Kier molecular flexibility index (Phi) is 4.70. The van der Waals surface area contributed by atoms with Crippen molar-refractivity contribution in [2.45, 2.75) is 40.3 Å². The number of urea groups is 1. The number of carbonyl (C=O) groups is 1. The third-order valence-electron chi connectivity index (χ3n) is 4.38. The lowest BCUT2D eigenvalue weighted by molar-refractivity contribution is 0.249. The molecule has 1 aromatic carbocycles. The summed E-state index contributed by atoms with van der Waals surface area (Å²) in [6.45, 7) is 8.85. The van der Waals surface area contributed by atoms with Crippen LogP contribution in [0.2, 0.25) is 0 Å². The molecule has 0 saturated heterocycles. The number of hydrogen-bond donors (Lipinski definition) is 2. The first-order valence-corrected chi connectivity index (χ1v) is 8.45. The van der Waals surface area contributed by atoms with E-state index in [0.717, 1.165) is 40.1 Å². The number of aromatic nitrogens is 3. The predicted molar refractivity (Wildman–Crippen MR) is 99.7 cm³/mol. The quantitative estimate of drug-likeness (QED) is 0.757. The summed E-state index contributed by atoms with van der Waals surface area (Å²) in [5.74, 6) is 0. The van der Waals surface area contributed by atoms with E-state index < -0.39 is 0 Å². The molecule has 0 bridgehead atoms. The van der Waals surface area contributed by atoms with E-state index in [-0.39, 0.29) is 12.1 Å². The smallest absolute Gasteiger partial charge is 0.319 e. The lowest BCUT2D eigenvalue weighted by Gasteiger charge is -2.16. The fraction of sp³-hybridized carbons (Fsp3) is 0.316. The summed E-state index contributed by atoms with van der Waals surface area (Å²) in [5, 5.41) is 11.4. The fourth-order valence-corrected chi connectivity index (χ4v) is 3.23. The predicted octanol–water partition coefficient (Wildman–Crippen LogP) is 3.95. The van der Waals surface area contributed by atoms with Crippen LogP contribution in [0.15, 0.2) is 36.5 Å². The van der Waals surface area contributed by atoms with Gasteiger partial charge in [-0.1, -0.05) is 6.07 Å². The molecule has 130 valence electrons. The van der Waals surface area contributed by atoms with Crippen molar-refractivity contribution >= 4 is 22.6 Å². The first kappa shape index (κ1) is 17.0. The lowest BCUT2D eigenvalue weighted by atomic mass is 10.1. The van der Waals surface area contributed by atoms with Crippen LogP contribution in [0.3, 0.4) is 0 Å². The molecule has 3 aromatic rings. The Balaban J connectivity index is 1.72. The summed E-state index contributed by atoms with van der Waals surface area (Å²) in [6.07, 6.45) is 1.75. The largest absolute Gasteiger partial charge is 0.331 e. The second-order valence-corrected chi connectivity index (χ2v) is 6.13. The summed E-state index contributed by atoms with van der Waals surface area (Å²) in [4.78, 5) is 16.6. The van der Waals surface area contributed by atoms with Gasteiger partial charge < -0.3 is 10.6 Å². The first-order chi connectivity index (χ1) is 12.0. The van der Waals surface area contributed by atoms with Crippen molar-refractivity contribution in [1.29, 1.82) is 0 Å². The molecule has 1 atom stereocenters. The second-order valence-electron chi connectivity index (χ2n) is 6.13. The number of fused-ring (bicyclic) bond motifs is 1. The Morgan fingerprint density at radius 1 is 1.28 bits per heavy atom. The van der Waals surface area contributed by atoms with Gasteiger partial charge in [0.25, 0.3) is 0 Å². The minimum Gasteiger partial charge on any atom is -0.331 e. The molecular formula is C19H23N5O. The van der Waals surface area contributed by atoms with Crippen molar-refractivity contribution in [3.05, 3.63) is 53.5 Å². The maximum absolute atomic E-state index is 12.4. The third kappa shape index (κ3) is 3.47. The molecule has 0 aliphatic carbocycles. The zero-order chi connectivity index (χ0) is 18.0. The van der Waals surface area contributed by atoms with E-state index >= 15 is 0 Å². The van der Waals surface area contributed by atoms with Crippen LogP contribution in [0, 0.1) is 13.8 Å². The molecule has 0 aliphatic rings. The highest BCUT2D eigenvalue weighted by Crippen LogP contribution is 2.22. The molecule has 2 heterocycles. The Morgan fingerprint density at radius 2 is 2.08 bits per heavy atom. The van der Waals surface area contributed by atoms with Gasteiger partial charge in [-0.3, -0.25) is 9.67 Å². The molecule has 0 unspecified atom stereocenters. The molecule has 6 heteroatoms. The van der Waals surface area contributed by atoms with Gasteiger partial charge >= 0.3 is 6.03 Å². The minimum absolute atomic E-state index is 0.123. The maximum Gasteiger partial charge on any atom is 0.319 e. The Bertz CT molecular complexity index is 915. The van der Waals surface area contributed by atoms with Crippen LogP contribution in [-0.4, -0.2) is 20.8 Å². The average Bonchev–Trinajstić information content (AvgIpc) is 2.88. The number of rotatable bonds is 4. The van der Waals surface area contributed by atoms with Crippen molar-refractivity contribution in [3.8, 4) is 0 Å². The van der Waals surface area contributed by atoms with Crippen molar-refractivity contribution in [1.82, 2.24) is 20.1 Å². The highest BCUT2D eigenvalue weighted by Gasteiger charge is 2.18. The number of nitrogens with zero attached hydrogens (tertiary/aromatic N) is 3. The van der Waals surface area contributed by atoms with Gasteiger partial charge in [-0.25, -0.2) is 4.79 Å². The number of pyridine rings is 1. The van der Waals surface area contributed by atoms with E-state index in [2.05, 4.69) is 27.6 Å². The monoisotopic (exact) mass is 337 g/mol. The van der Waals surface area contributed by atoms with Crippen LogP contribution in [0.1, 0.15) is 36.8 Å². The molecule has 0 radical (unpaired) electrons. The standard InChI is InChI=1S/C19H23N5O/c1-5-24-14(4)18(13(3)23-24)12(2)21-19(25)22-16-8-9-17-15(11-16)7-6-10-20-17/h6-12H,5H2,1-4H3,(H2,21,22,25)/t12-/m0/s1. The molecule has 2 amide bonds. The molecule has 0 aliphatic heterocycles. The zero-order valence-electron chi connectivity index (χ0n) is 15.0. The highest BCUT2D eigenvalue weighted by molar-refractivity contribution is 5.92. The number of nitrogens with one attached hydrogen (secondary N) is 2. The van der Waals surface area contributed by atoms with Crippen molar-refractivity contribution in [2.24, 2.45) is 0 Å². The van der Waals surface area contributed by atoms with Crippen LogP contribution < -0.4 is 10.6 Å². The number of aryl methyl sites for hydroxylation is 2. The summed E-state index contributed by atoms with van der Waals surface area (Å²) >= 11 is 0. The van der Waals surface area contributed by atoms with Gasteiger partial charge in [-0.15, -0.1) is 0 Å². The lowest BCUT2D eigenvalue weighted by Crippen LogP contribution is -2.31. The number of amides is 2. The van der Waals surface area contributed by atoms with E-state index in [1.54, 1.807) is 6.20 Å². The molecule has 2 aromatic heterocycles. The first-order valence-electron chi connectivity index (χ1n) is 8.45. The van der Waals surface area contributed by atoms with Crippen LogP contribution in [0.25, 0.3) is 10.9 Å². The minimum atomic E-state index is -0.237. The summed E-state index contributed by atoms with van der Waals surface area (Å²) in [5.41, 5.74) is 4.75. The fourth-order valence-electron chi connectivity index (χ4n) is 3.23. The van der Waals surface area contributed by atoms with Crippen molar-refractivity contribution in [3.63, 3.8) is 0 Å². The SMILES string of the molecule is CCn1nc(C)c([C@H](C)NC(=O)Nc2ccc3ncccc3c2)c1C. The topological polar surface area (TPSA) is 71.8 Å². The molecule has 0 fully saturated rings. The van der Waals surface area contributed by atoms with Gasteiger partial charge in [-0.2, -0.15) is 5.10 Å². The van der Waals surface area contributed by atoms with E-state index in [9.17, 15) is 4.79 Å². The highest BCUT2D eigenvalue weighted by atomic mass is 16.2. The van der Waals surface area contributed by atoms with Gasteiger partial charge in [-0.05, 0) is 52.0 Å².